The van der Waals surface area contributed by atoms with E-state index in [9.17, 15) is 17.1 Å². The number of likely N-dealkylation sites (N-methyl/N-ethyl adjacent to an activating group) is 1. The first-order valence-electron chi connectivity index (χ1n) is 13.1. The summed E-state index contributed by atoms with van der Waals surface area (Å²) in [5.74, 6) is 2.43. The molecule has 0 unspecified atom stereocenters. The van der Waals surface area contributed by atoms with Gasteiger partial charge < -0.3 is 18.6 Å². The smallest absolute Gasteiger partial charge is 0.357 e. The van der Waals surface area contributed by atoms with Gasteiger partial charge in [0.2, 0.25) is 0 Å². The van der Waals surface area contributed by atoms with Gasteiger partial charge in [0.1, 0.15) is 5.65 Å². The molecule has 0 spiro atoms. The summed E-state index contributed by atoms with van der Waals surface area (Å²) in [5.41, 5.74) is 5.18. The molecule has 2 aromatic carbocycles. The Kier molecular flexibility index (Phi) is 6.36. The Morgan fingerprint density at radius 2 is 1.98 bits per heavy atom. The molecule has 0 radical (unpaired) electrons. The first kappa shape index (κ1) is 26.0. The molecule has 40 heavy (non-hydrogen) atoms. The highest BCUT2D eigenvalue weighted by molar-refractivity contribution is 7.81. The Bertz CT molecular complexity index is 2020. The minimum atomic E-state index is -5.21. The molecule has 1 N–H and O–H groups in total. The maximum Gasteiger partial charge on any atom is 0.488 e. The van der Waals surface area contributed by atoms with E-state index in [1.165, 1.54) is 6.07 Å². The zero-order valence-corrected chi connectivity index (χ0v) is 22.9. The minimum Gasteiger partial charge on any atom is -0.357 e. The van der Waals surface area contributed by atoms with Crippen molar-refractivity contribution >= 4 is 43.3 Å². The van der Waals surface area contributed by atoms with Gasteiger partial charge in [-0.1, -0.05) is 29.2 Å². The second-order valence-electron chi connectivity index (χ2n) is 10.3. The van der Waals surface area contributed by atoms with E-state index in [4.69, 9.17) is 6.42 Å². The number of rotatable bonds is 7. The lowest BCUT2D eigenvalue weighted by atomic mass is 9.93. The third kappa shape index (κ3) is 4.51. The maximum atomic E-state index is 14.1. The SMILES string of the molecule is C#Cc1ccc2c(c1)[nH]c1c2c(=O)c2cc(CCCC)c(-c3cncc(OS(=O)(=O)F)c3)cc2n1C1CN(C)C1. The molecule has 1 saturated heterocycles. The number of pyridine rings is 2. The third-order valence-electron chi connectivity index (χ3n) is 7.57. The normalized spacial score (nSPS) is 14.6. The molecule has 3 aromatic heterocycles. The first-order chi connectivity index (χ1) is 19.2. The zero-order valence-electron chi connectivity index (χ0n) is 22.1. The van der Waals surface area contributed by atoms with Crippen LogP contribution in [0.3, 0.4) is 0 Å². The van der Waals surface area contributed by atoms with Crippen LogP contribution in [0.25, 0.3) is 44.0 Å². The van der Waals surface area contributed by atoms with Gasteiger partial charge in [-0.3, -0.25) is 9.78 Å². The van der Waals surface area contributed by atoms with Gasteiger partial charge in [-0.15, -0.1) is 6.42 Å². The van der Waals surface area contributed by atoms with Crippen LogP contribution in [0.15, 0.2) is 53.6 Å². The van der Waals surface area contributed by atoms with Crippen LogP contribution in [0.1, 0.15) is 36.9 Å². The molecule has 0 bridgehead atoms. The number of aryl methyl sites for hydroxylation is 1. The van der Waals surface area contributed by atoms with Crippen molar-refractivity contribution in [1.29, 1.82) is 0 Å². The second kappa shape index (κ2) is 9.77. The summed E-state index contributed by atoms with van der Waals surface area (Å²) in [6.45, 7) is 3.71. The number of aromatic amines is 1. The Morgan fingerprint density at radius 1 is 1.18 bits per heavy atom. The summed E-state index contributed by atoms with van der Waals surface area (Å²) >= 11 is 0. The summed E-state index contributed by atoms with van der Waals surface area (Å²) in [5, 5.41) is 2.05. The van der Waals surface area contributed by atoms with Crippen molar-refractivity contribution in [2.24, 2.45) is 0 Å². The van der Waals surface area contributed by atoms with Crippen LogP contribution in [-0.4, -0.2) is 48.0 Å². The molecular weight excluding hydrogens is 531 g/mol. The summed E-state index contributed by atoms with van der Waals surface area (Å²) in [4.78, 5) is 23.9. The lowest BCUT2D eigenvalue weighted by molar-refractivity contribution is 0.146. The van der Waals surface area contributed by atoms with Crippen LogP contribution < -0.4 is 9.61 Å². The molecule has 1 fully saturated rings. The molecule has 1 aliphatic heterocycles. The molecular formula is C30H27FN4O4S. The maximum absolute atomic E-state index is 14.1. The van der Waals surface area contributed by atoms with Gasteiger partial charge in [0.15, 0.2) is 11.2 Å². The van der Waals surface area contributed by atoms with Crippen LogP contribution in [0.4, 0.5) is 3.89 Å². The van der Waals surface area contributed by atoms with Crippen LogP contribution in [0, 0.1) is 12.3 Å². The number of nitrogens with one attached hydrogen (secondary N) is 1. The molecule has 1 aliphatic rings. The highest BCUT2D eigenvalue weighted by Crippen LogP contribution is 2.36. The van der Waals surface area contributed by atoms with Crippen molar-refractivity contribution in [3.8, 4) is 29.2 Å². The highest BCUT2D eigenvalue weighted by Gasteiger charge is 2.29. The van der Waals surface area contributed by atoms with Gasteiger partial charge in [0.25, 0.3) is 0 Å². The molecule has 0 saturated carbocycles. The Hall–Kier alpha value is -4.20. The largest absolute Gasteiger partial charge is 0.488 e. The molecule has 4 heterocycles. The van der Waals surface area contributed by atoms with Gasteiger partial charge in [-0.2, -0.15) is 8.42 Å². The number of H-pyrrole nitrogens is 1. The summed E-state index contributed by atoms with van der Waals surface area (Å²) < 4.78 is 42.2. The molecule has 0 atom stereocenters. The van der Waals surface area contributed by atoms with E-state index in [2.05, 4.69) is 36.5 Å². The van der Waals surface area contributed by atoms with Crippen LogP contribution >= 0.6 is 0 Å². The molecule has 8 nitrogen and oxygen atoms in total. The molecule has 10 heteroatoms. The van der Waals surface area contributed by atoms with Gasteiger partial charge in [-0.05, 0) is 61.3 Å². The fourth-order valence-electron chi connectivity index (χ4n) is 5.73. The van der Waals surface area contributed by atoms with E-state index >= 15 is 0 Å². The lowest BCUT2D eigenvalue weighted by Gasteiger charge is -2.39. The number of halogens is 1. The van der Waals surface area contributed by atoms with E-state index in [1.807, 2.05) is 37.4 Å². The minimum absolute atomic E-state index is 0.0725. The number of aromatic nitrogens is 3. The van der Waals surface area contributed by atoms with Gasteiger partial charge in [0, 0.05) is 46.7 Å². The van der Waals surface area contributed by atoms with Crippen LogP contribution in [-0.2, 0) is 16.9 Å². The summed E-state index contributed by atoms with van der Waals surface area (Å²) in [7, 11) is -3.16. The number of terminal acetylenes is 1. The second-order valence-corrected chi connectivity index (χ2v) is 11.3. The zero-order chi connectivity index (χ0) is 28.2. The van der Waals surface area contributed by atoms with E-state index in [1.54, 1.807) is 6.20 Å². The number of fused-ring (bicyclic) bond motifs is 4. The predicted molar refractivity (Wildman–Crippen MR) is 155 cm³/mol. The third-order valence-corrected chi connectivity index (χ3v) is 7.96. The van der Waals surface area contributed by atoms with Gasteiger partial charge in [0.05, 0.1) is 23.1 Å². The summed E-state index contributed by atoms with van der Waals surface area (Å²) in [6, 6.07) is 11.1. The fraction of sp³-hybridized carbons (Fsp3) is 0.267. The molecule has 204 valence electrons. The average Bonchev–Trinajstić information content (AvgIpc) is 3.28. The van der Waals surface area contributed by atoms with Gasteiger partial charge in [-0.25, -0.2) is 0 Å². The quantitative estimate of drug-likeness (QED) is 0.221. The van der Waals surface area contributed by atoms with Gasteiger partial charge >= 0.3 is 10.5 Å². The number of nitrogens with zero attached hydrogens (tertiary/aromatic N) is 3. The Balaban J connectivity index is 1.68. The standard InChI is InChI=1S/C30H27FN4O4S/c1-4-6-7-19-12-25-27(13-24(19)20-11-22(15-32-14-20)39-40(31,37)38)35(21-16-34(3)17-21)30-28(29(25)36)23-9-8-18(5-2)10-26(23)33-30/h2,8-15,21,33H,4,6-7,16-17H2,1,3H3. The average molecular weight is 559 g/mol. The van der Waals surface area contributed by atoms with Crippen LogP contribution in [0.5, 0.6) is 5.75 Å². The molecule has 0 amide bonds. The number of unbranched alkanes of at least 4 members (excludes halogenated alkanes) is 1. The first-order valence-corrected chi connectivity index (χ1v) is 14.4. The molecule has 6 rings (SSSR count). The van der Waals surface area contributed by atoms with Crippen LogP contribution in [0.2, 0.25) is 0 Å². The summed E-state index contributed by atoms with van der Waals surface area (Å²) in [6.07, 6.45) is 10.9. The van der Waals surface area contributed by atoms with E-state index in [0.29, 0.717) is 22.8 Å². The predicted octanol–water partition coefficient (Wildman–Crippen LogP) is 5.10. The van der Waals surface area contributed by atoms with Crippen molar-refractivity contribution in [3.63, 3.8) is 0 Å². The fourth-order valence-corrected chi connectivity index (χ4v) is 6.05. The van der Waals surface area contributed by atoms with Crippen molar-refractivity contribution in [2.75, 3.05) is 20.1 Å². The lowest BCUT2D eigenvalue weighted by Crippen LogP contribution is -2.45. The van der Waals surface area contributed by atoms with E-state index < -0.39 is 10.5 Å². The van der Waals surface area contributed by atoms with Crippen molar-refractivity contribution in [3.05, 3.63) is 70.1 Å². The number of benzene rings is 2. The van der Waals surface area contributed by atoms with Crippen molar-refractivity contribution < 1.29 is 16.5 Å². The number of hydrogen-bond acceptors (Lipinski definition) is 6. The topological polar surface area (TPSA) is 97.3 Å². The van der Waals surface area contributed by atoms with E-state index in [-0.39, 0.29) is 17.2 Å². The van der Waals surface area contributed by atoms with Crippen molar-refractivity contribution in [1.82, 2.24) is 19.4 Å². The monoisotopic (exact) mass is 558 g/mol. The molecule has 0 aliphatic carbocycles. The Morgan fingerprint density at radius 3 is 2.67 bits per heavy atom. The number of hydrogen-bond donors (Lipinski definition) is 1. The highest BCUT2D eigenvalue weighted by atomic mass is 32.3. The molecule has 5 aromatic rings. The van der Waals surface area contributed by atoms with Crippen molar-refractivity contribution in [2.45, 2.75) is 32.2 Å². The number of likely N-dealkylation sites (tertiary alicyclic amines) is 1. The Labute approximate surface area is 230 Å². The van der Waals surface area contributed by atoms with E-state index in [0.717, 1.165) is 70.9 Å².